The summed E-state index contributed by atoms with van der Waals surface area (Å²) in [5.74, 6) is 0.354. The van der Waals surface area contributed by atoms with Crippen molar-refractivity contribution in [2.75, 3.05) is 13.7 Å². The maximum Gasteiger partial charge on any atom is 0.212 e. The number of sulfone groups is 1. The number of ether oxygens (including phenoxy) is 1. The van der Waals surface area contributed by atoms with Crippen LogP contribution in [0.2, 0.25) is 0 Å². The van der Waals surface area contributed by atoms with Gasteiger partial charge in [0.15, 0.2) is 0 Å². The van der Waals surface area contributed by atoms with Crippen molar-refractivity contribution in [3.63, 3.8) is 0 Å². The molecule has 156 valence electrons. The van der Waals surface area contributed by atoms with Gasteiger partial charge in [0.25, 0.3) is 0 Å². The number of hydrazone groups is 1. The van der Waals surface area contributed by atoms with Crippen molar-refractivity contribution >= 4 is 16.1 Å². The molecule has 30 heavy (non-hydrogen) atoms. The molecule has 0 saturated heterocycles. The van der Waals surface area contributed by atoms with E-state index in [1.807, 2.05) is 23.3 Å². The molecule has 0 fully saturated rings. The second kappa shape index (κ2) is 8.25. The number of aromatic nitrogens is 3. The van der Waals surface area contributed by atoms with Crippen LogP contribution in [0.4, 0.5) is 0 Å². The summed E-state index contributed by atoms with van der Waals surface area (Å²) in [4.78, 5) is 4.28. The van der Waals surface area contributed by atoms with Gasteiger partial charge in [0.1, 0.15) is 0 Å². The molecule has 9 nitrogen and oxygen atoms in total. The van der Waals surface area contributed by atoms with Gasteiger partial charge in [0.2, 0.25) is 15.7 Å². The molecule has 0 atom stereocenters. The number of aliphatic hydroxyl groups excluding tert-OH is 1. The third kappa shape index (κ3) is 4.05. The van der Waals surface area contributed by atoms with Gasteiger partial charge in [-0.2, -0.15) is 10.2 Å². The summed E-state index contributed by atoms with van der Waals surface area (Å²) in [5.41, 5.74) is 2.58. The van der Waals surface area contributed by atoms with Gasteiger partial charge in [-0.15, -0.1) is 0 Å². The number of benzene rings is 1. The van der Waals surface area contributed by atoms with E-state index in [9.17, 15) is 8.42 Å². The predicted octanol–water partition coefficient (Wildman–Crippen LogP) is 1.46. The van der Waals surface area contributed by atoms with Crippen LogP contribution in [0, 0.1) is 0 Å². The lowest BCUT2D eigenvalue weighted by molar-refractivity contribution is 0.257. The molecule has 2 aromatic heterocycles. The fourth-order valence-corrected chi connectivity index (χ4v) is 4.41. The molecular weight excluding hydrogens is 406 g/mol. The minimum atomic E-state index is -3.69. The van der Waals surface area contributed by atoms with Crippen LogP contribution in [0.3, 0.4) is 0 Å². The average Bonchev–Trinajstić information content (AvgIpc) is 3.20. The summed E-state index contributed by atoms with van der Waals surface area (Å²) in [6.45, 7) is 1.55. The summed E-state index contributed by atoms with van der Waals surface area (Å²) in [6.07, 6.45) is 4.77. The van der Waals surface area contributed by atoms with Gasteiger partial charge in [-0.1, -0.05) is 6.07 Å². The first-order valence-corrected chi connectivity index (χ1v) is 10.8. The highest BCUT2D eigenvalue weighted by Crippen LogP contribution is 2.25. The Balaban J connectivity index is 1.52. The topological polar surface area (TPSA) is 110 Å². The number of nitrogens with zero attached hydrogens (tertiary/aromatic N) is 5. The Morgan fingerprint density at radius 2 is 2.00 bits per heavy atom. The molecule has 1 aliphatic rings. The van der Waals surface area contributed by atoms with E-state index in [0.29, 0.717) is 25.5 Å². The van der Waals surface area contributed by atoms with Gasteiger partial charge in [0.05, 0.1) is 55.1 Å². The van der Waals surface area contributed by atoms with E-state index in [1.165, 1.54) is 25.4 Å². The maximum atomic E-state index is 12.9. The number of pyridine rings is 1. The number of rotatable bonds is 7. The quantitative estimate of drug-likeness (QED) is 0.608. The van der Waals surface area contributed by atoms with Crippen LogP contribution in [0.5, 0.6) is 5.88 Å². The second-order valence-corrected chi connectivity index (χ2v) is 8.71. The number of aliphatic hydroxyl groups is 1. The lowest BCUT2D eigenvalue weighted by Crippen LogP contribution is -2.22. The van der Waals surface area contributed by atoms with E-state index < -0.39 is 9.84 Å². The van der Waals surface area contributed by atoms with Crippen molar-refractivity contribution in [3.8, 4) is 5.88 Å². The Morgan fingerprint density at radius 3 is 2.73 bits per heavy atom. The van der Waals surface area contributed by atoms with E-state index in [4.69, 9.17) is 9.84 Å². The Kier molecular flexibility index (Phi) is 5.51. The largest absolute Gasteiger partial charge is 0.481 e. The van der Waals surface area contributed by atoms with E-state index in [2.05, 4.69) is 15.2 Å². The molecule has 0 unspecified atom stereocenters. The van der Waals surface area contributed by atoms with Gasteiger partial charge in [-0.05, 0) is 29.8 Å². The van der Waals surface area contributed by atoms with Crippen LogP contribution in [-0.2, 0) is 29.5 Å². The van der Waals surface area contributed by atoms with Gasteiger partial charge in [-0.3, -0.25) is 9.69 Å². The minimum absolute atomic E-state index is 0.0359. The fraction of sp³-hybridized carbons (Fsp3) is 0.250. The normalized spacial score (nSPS) is 13.3. The lowest BCUT2D eigenvalue weighted by Gasteiger charge is -2.23. The molecule has 0 bridgehead atoms. The number of hydrogen-bond acceptors (Lipinski definition) is 8. The number of hydrogen-bond donors (Lipinski definition) is 1. The first-order valence-electron chi connectivity index (χ1n) is 9.30. The van der Waals surface area contributed by atoms with E-state index >= 15 is 0 Å². The van der Waals surface area contributed by atoms with Gasteiger partial charge < -0.3 is 9.84 Å². The first kappa shape index (κ1) is 20.0. The van der Waals surface area contributed by atoms with Crippen molar-refractivity contribution < 1.29 is 18.3 Å². The Hall–Kier alpha value is -3.24. The Bertz CT molecular complexity index is 1170. The molecule has 1 aromatic carbocycles. The van der Waals surface area contributed by atoms with Crippen LogP contribution in [-0.4, -0.2) is 53.2 Å². The second-order valence-electron chi connectivity index (χ2n) is 6.76. The summed E-state index contributed by atoms with van der Waals surface area (Å²) in [5, 5.41) is 19.7. The molecular formula is C20H21N5O4S. The van der Waals surface area contributed by atoms with Crippen LogP contribution >= 0.6 is 0 Å². The summed E-state index contributed by atoms with van der Waals surface area (Å²) < 4.78 is 32.5. The molecule has 3 heterocycles. The molecule has 10 heteroatoms. The molecule has 0 radical (unpaired) electrons. The minimum Gasteiger partial charge on any atom is -0.481 e. The molecule has 0 saturated carbocycles. The van der Waals surface area contributed by atoms with Gasteiger partial charge in [-0.25, -0.2) is 13.4 Å². The van der Waals surface area contributed by atoms with Crippen molar-refractivity contribution in [3.05, 3.63) is 65.6 Å². The van der Waals surface area contributed by atoms with E-state index in [0.717, 1.165) is 16.8 Å². The zero-order valence-electron chi connectivity index (χ0n) is 16.3. The molecule has 0 aliphatic carbocycles. The zero-order valence-corrected chi connectivity index (χ0v) is 17.2. The zero-order chi connectivity index (χ0) is 21.1. The van der Waals surface area contributed by atoms with Crippen molar-refractivity contribution in [1.82, 2.24) is 19.8 Å². The Morgan fingerprint density at radius 1 is 1.17 bits per heavy atom. The summed E-state index contributed by atoms with van der Waals surface area (Å²) in [7, 11) is -2.21. The number of fused-ring (bicyclic) bond motifs is 1. The Labute approximate surface area is 174 Å². The third-order valence-corrected chi connectivity index (χ3v) is 6.48. The number of methoxy groups -OCH3 is 1. The average molecular weight is 427 g/mol. The summed E-state index contributed by atoms with van der Waals surface area (Å²) >= 11 is 0. The van der Waals surface area contributed by atoms with Crippen molar-refractivity contribution in [2.45, 2.75) is 29.4 Å². The van der Waals surface area contributed by atoms with Crippen LogP contribution in [0.1, 0.15) is 16.8 Å². The maximum absolute atomic E-state index is 12.9. The highest BCUT2D eigenvalue weighted by molar-refractivity contribution is 7.91. The van der Waals surface area contributed by atoms with E-state index in [1.54, 1.807) is 23.0 Å². The van der Waals surface area contributed by atoms with Gasteiger partial charge in [0, 0.05) is 24.0 Å². The van der Waals surface area contributed by atoms with Crippen molar-refractivity contribution in [1.29, 1.82) is 0 Å². The standard InChI is InChI=1S/C20H21N5O4S/c1-29-20-5-4-19(12-21-20)30(27,28)18-3-2-15-13-25(22-11-16(15)10-18)14-17-6-7-24(23-17)8-9-26/h2-7,10-12,26H,8-9,13-14H2,1H3. The monoisotopic (exact) mass is 427 g/mol. The molecule has 1 aliphatic heterocycles. The predicted molar refractivity (Wildman–Crippen MR) is 109 cm³/mol. The molecule has 4 rings (SSSR count). The summed E-state index contributed by atoms with van der Waals surface area (Å²) in [6, 6.07) is 9.93. The van der Waals surface area contributed by atoms with Crippen LogP contribution in [0.25, 0.3) is 0 Å². The SMILES string of the molecule is COc1ccc(S(=O)(=O)c2ccc3c(c2)C=NN(Cc2ccn(CCO)n2)C3)cn1. The molecule has 0 amide bonds. The van der Waals surface area contributed by atoms with Gasteiger partial charge >= 0.3 is 0 Å². The molecule has 0 spiro atoms. The smallest absolute Gasteiger partial charge is 0.212 e. The van der Waals surface area contributed by atoms with Crippen LogP contribution < -0.4 is 4.74 Å². The highest BCUT2D eigenvalue weighted by atomic mass is 32.2. The van der Waals surface area contributed by atoms with Crippen LogP contribution in [0.15, 0.2) is 63.7 Å². The van der Waals surface area contributed by atoms with Crippen molar-refractivity contribution in [2.24, 2.45) is 5.10 Å². The lowest BCUT2D eigenvalue weighted by atomic mass is 10.1. The first-order chi connectivity index (χ1) is 14.5. The fourth-order valence-electron chi connectivity index (χ4n) is 3.17. The van der Waals surface area contributed by atoms with E-state index in [-0.39, 0.29) is 16.4 Å². The highest BCUT2D eigenvalue weighted by Gasteiger charge is 2.21. The molecule has 1 N–H and O–H groups in total. The third-order valence-electron chi connectivity index (χ3n) is 4.74. The molecule has 3 aromatic rings.